The SMILES string of the molecule is CCCCCCSc1nc([O-])c2[n+](n1)C(c1c(F)cccc1Cl)N(C(C)=O)c1ccccc1-2. The van der Waals surface area contributed by atoms with E-state index in [2.05, 4.69) is 17.0 Å². The van der Waals surface area contributed by atoms with Crippen LogP contribution in [0, 0.1) is 5.82 Å². The highest BCUT2D eigenvalue weighted by Crippen LogP contribution is 2.42. The number of rotatable bonds is 7. The predicted molar refractivity (Wildman–Crippen MR) is 125 cm³/mol. The van der Waals surface area contributed by atoms with E-state index in [4.69, 9.17) is 11.6 Å². The quantitative estimate of drug-likeness (QED) is 0.270. The Morgan fingerprint density at radius 1 is 1.21 bits per heavy atom. The van der Waals surface area contributed by atoms with Crippen LogP contribution < -0.4 is 14.7 Å². The van der Waals surface area contributed by atoms with Gasteiger partial charge in [-0.15, -0.1) is 0 Å². The largest absolute Gasteiger partial charge is 0.854 e. The molecule has 9 heteroatoms. The van der Waals surface area contributed by atoms with E-state index >= 15 is 4.39 Å². The van der Waals surface area contributed by atoms with Gasteiger partial charge in [0.05, 0.1) is 27.7 Å². The van der Waals surface area contributed by atoms with Gasteiger partial charge in [-0.05, 0) is 30.7 Å². The zero-order chi connectivity index (χ0) is 23.5. The van der Waals surface area contributed by atoms with Gasteiger partial charge in [0, 0.05) is 17.8 Å². The van der Waals surface area contributed by atoms with Gasteiger partial charge in [0.25, 0.3) is 17.0 Å². The molecule has 0 saturated heterocycles. The fourth-order valence-electron chi connectivity index (χ4n) is 4.05. The Morgan fingerprint density at radius 3 is 2.73 bits per heavy atom. The number of nitrogens with zero attached hydrogens (tertiary/aromatic N) is 4. The van der Waals surface area contributed by atoms with E-state index in [0.717, 1.165) is 31.4 Å². The Balaban J connectivity index is 1.89. The van der Waals surface area contributed by atoms with E-state index in [-0.39, 0.29) is 22.2 Å². The van der Waals surface area contributed by atoms with Gasteiger partial charge in [0.15, 0.2) is 0 Å². The number of halogens is 2. The topological polar surface area (TPSA) is 73.0 Å². The van der Waals surface area contributed by atoms with Crippen LogP contribution in [0.5, 0.6) is 5.88 Å². The highest BCUT2D eigenvalue weighted by atomic mass is 35.5. The van der Waals surface area contributed by atoms with Crippen LogP contribution in [0.3, 0.4) is 0 Å². The monoisotopic (exact) mass is 486 g/mol. The standard InChI is InChI=1S/C24H24ClFN4O2S/c1-3-4-5-8-14-33-24-27-22(32)21-16-10-6-7-13-19(16)29(15(2)31)23(30(21)28-24)20-17(25)11-9-12-18(20)26/h6-7,9-13,23H,3-5,8,14H2,1-2H3. The van der Waals surface area contributed by atoms with Crippen molar-refractivity contribution in [1.29, 1.82) is 0 Å². The van der Waals surface area contributed by atoms with Crippen LogP contribution in [0.2, 0.25) is 5.02 Å². The number of benzene rings is 2. The molecule has 1 aliphatic rings. The third kappa shape index (κ3) is 4.54. The van der Waals surface area contributed by atoms with Crippen molar-refractivity contribution in [3.63, 3.8) is 0 Å². The number of hydrogen-bond donors (Lipinski definition) is 0. The molecule has 6 nitrogen and oxygen atoms in total. The summed E-state index contributed by atoms with van der Waals surface area (Å²) in [6.07, 6.45) is 3.28. The third-order valence-corrected chi connectivity index (χ3v) is 6.80. The number of amides is 1. The molecule has 0 bridgehead atoms. The molecule has 2 aromatic carbocycles. The van der Waals surface area contributed by atoms with Crippen molar-refractivity contribution in [2.45, 2.75) is 50.9 Å². The number of thioether (sulfide) groups is 1. The average molecular weight is 487 g/mol. The zero-order valence-corrected chi connectivity index (χ0v) is 20.0. The van der Waals surface area contributed by atoms with Crippen LogP contribution >= 0.6 is 23.4 Å². The molecule has 0 saturated carbocycles. The second-order valence-corrected chi connectivity index (χ2v) is 9.29. The first-order valence-corrected chi connectivity index (χ1v) is 12.3. The molecule has 1 aliphatic heterocycles. The van der Waals surface area contributed by atoms with Crippen molar-refractivity contribution < 1.29 is 19.0 Å². The van der Waals surface area contributed by atoms with Crippen molar-refractivity contribution >= 4 is 35.0 Å². The van der Waals surface area contributed by atoms with Gasteiger partial charge >= 0.3 is 0 Å². The molecule has 0 radical (unpaired) electrons. The van der Waals surface area contributed by atoms with Gasteiger partial charge in [-0.2, -0.15) is 0 Å². The molecule has 2 heterocycles. The minimum atomic E-state index is -1.06. The van der Waals surface area contributed by atoms with Crippen LogP contribution in [0.15, 0.2) is 47.6 Å². The summed E-state index contributed by atoms with van der Waals surface area (Å²) in [6, 6.07) is 11.3. The minimum absolute atomic E-state index is 0.0760. The summed E-state index contributed by atoms with van der Waals surface area (Å²) in [7, 11) is 0. The summed E-state index contributed by atoms with van der Waals surface area (Å²) in [5.41, 5.74) is 1.27. The lowest BCUT2D eigenvalue weighted by molar-refractivity contribution is -0.764. The summed E-state index contributed by atoms with van der Waals surface area (Å²) < 4.78 is 16.5. The molecule has 0 aliphatic carbocycles. The lowest BCUT2D eigenvalue weighted by Crippen LogP contribution is -2.59. The lowest BCUT2D eigenvalue weighted by atomic mass is 10.0. The fraction of sp³-hybridized carbons (Fsp3) is 0.333. The van der Waals surface area contributed by atoms with Gasteiger partial charge < -0.3 is 5.11 Å². The molecule has 1 aromatic heterocycles. The molecule has 1 atom stereocenters. The summed E-state index contributed by atoms with van der Waals surface area (Å²) in [5, 5.41) is 18.2. The maximum atomic E-state index is 15.1. The molecule has 1 unspecified atom stereocenters. The van der Waals surface area contributed by atoms with Crippen molar-refractivity contribution in [3.05, 3.63) is 58.9 Å². The fourth-order valence-corrected chi connectivity index (χ4v) is 5.13. The van der Waals surface area contributed by atoms with E-state index in [9.17, 15) is 9.90 Å². The lowest BCUT2D eigenvalue weighted by Gasteiger charge is -2.33. The molecule has 33 heavy (non-hydrogen) atoms. The summed E-state index contributed by atoms with van der Waals surface area (Å²) in [4.78, 5) is 18.5. The number of carbonyl (C=O) groups excluding carboxylic acids is 1. The molecule has 4 rings (SSSR count). The first-order valence-electron chi connectivity index (χ1n) is 10.9. The summed E-state index contributed by atoms with van der Waals surface area (Å²) >= 11 is 7.80. The van der Waals surface area contributed by atoms with Gasteiger partial charge in [-0.25, -0.2) is 14.3 Å². The maximum absolute atomic E-state index is 15.1. The van der Waals surface area contributed by atoms with Crippen LogP contribution in [0.4, 0.5) is 10.1 Å². The smallest absolute Gasteiger partial charge is 0.297 e. The number of unbranched alkanes of at least 4 members (excludes halogenated alkanes) is 3. The first-order chi connectivity index (χ1) is 15.9. The van der Waals surface area contributed by atoms with Gasteiger partial charge in [-0.3, -0.25) is 4.79 Å². The molecule has 172 valence electrons. The molecule has 0 N–H and O–H groups in total. The van der Waals surface area contributed by atoms with Gasteiger partial charge in [0.2, 0.25) is 5.91 Å². The number of anilines is 1. The molecule has 1 amide bonds. The summed E-state index contributed by atoms with van der Waals surface area (Å²) in [5.74, 6) is -0.632. The Bertz CT molecular complexity index is 1170. The third-order valence-electron chi connectivity index (χ3n) is 5.54. The Labute approximate surface area is 201 Å². The van der Waals surface area contributed by atoms with E-state index in [1.807, 2.05) is 0 Å². The van der Waals surface area contributed by atoms with E-state index < -0.39 is 17.9 Å². The zero-order valence-electron chi connectivity index (χ0n) is 18.4. The second kappa shape index (κ2) is 10.1. The number of hydrogen-bond acceptors (Lipinski definition) is 5. The highest BCUT2D eigenvalue weighted by molar-refractivity contribution is 7.99. The number of para-hydroxylation sites is 1. The Morgan fingerprint density at radius 2 is 2.00 bits per heavy atom. The molecule has 0 spiro atoms. The highest BCUT2D eigenvalue weighted by Gasteiger charge is 2.46. The first kappa shape index (κ1) is 23.4. The van der Waals surface area contributed by atoms with Crippen LogP contribution in [-0.2, 0) is 4.79 Å². The van der Waals surface area contributed by atoms with Crippen LogP contribution in [0.1, 0.15) is 51.3 Å². The van der Waals surface area contributed by atoms with Gasteiger partial charge in [0.1, 0.15) is 5.82 Å². The maximum Gasteiger partial charge on any atom is 0.297 e. The van der Waals surface area contributed by atoms with E-state index in [1.165, 1.54) is 40.4 Å². The summed E-state index contributed by atoms with van der Waals surface area (Å²) in [6.45, 7) is 3.54. The molecule has 0 fully saturated rings. The number of carbonyl (C=O) groups is 1. The number of aromatic nitrogens is 3. The van der Waals surface area contributed by atoms with E-state index in [0.29, 0.717) is 16.4 Å². The van der Waals surface area contributed by atoms with Gasteiger partial charge in [-0.1, -0.05) is 72.4 Å². The minimum Gasteiger partial charge on any atom is -0.854 e. The van der Waals surface area contributed by atoms with Crippen molar-refractivity contribution in [1.82, 2.24) is 10.1 Å². The molecular formula is C24H24ClFN4O2S. The average Bonchev–Trinajstić information content (AvgIpc) is 2.78. The van der Waals surface area contributed by atoms with Crippen LogP contribution in [-0.4, -0.2) is 21.7 Å². The van der Waals surface area contributed by atoms with E-state index in [1.54, 1.807) is 30.3 Å². The van der Waals surface area contributed by atoms with Crippen molar-refractivity contribution in [2.24, 2.45) is 0 Å². The second-order valence-electron chi connectivity index (χ2n) is 7.82. The molecular weight excluding hydrogens is 463 g/mol. The predicted octanol–water partition coefficient (Wildman–Crippen LogP) is 4.88. The molecule has 3 aromatic rings. The number of fused-ring (bicyclic) bond motifs is 3. The Hall–Kier alpha value is -2.71. The van der Waals surface area contributed by atoms with Crippen molar-refractivity contribution in [3.8, 4) is 17.1 Å². The Kier molecular flexibility index (Phi) is 7.14. The van der Waals surface area contributed by atoms with Crippen molar-refractivity contribution in [2.75, 3.05) is 10.7 Å². The normalized spacial score (nSPS) is 14.7. The van der Waals surface area contributed by atoms with Crippen LogP contribution in [0.25, 0.3) is 11.3 Å².